The molecule has 0 radical (unpaired) electrons. The SMILES string of the molecule is c1ccc2oc(-c3[nH]nc4ncnc(NCCCn5cccn5)c34)cc2c1. The fourth-order valence-corrected chi connectivity index (χ4v) is 3.15. The van der Waals surface area contributed by atoms with E-state index in [1.807, 2.05) is 47.3 Å². The number of para-hydroxylation sites is 1. The highest BCUT2D eigenvalue weighted by atomic mass is 16.3. The number of benzene rings is 1. The van der Waals surface area contributed by atoms with Crippen LogP contribution in [0.1, 0.15) is 6.42 Å². The second-order valence-corrected chi connectivity index (χ2v) is 6.22. The van der Waals surface area contributed by atoms with Crippen LogP contribution < -0.4 is 5.32 Å². The topological polar surface area (TPSA) is 97.5 Å². The van der Waals surface area contributed by atoms with E-state index in [0.29, 0.717) is 11.4 Å². The number of aryl methyl sites for hydroxylation is 1. The first-order chi connectivity index (χ1) is 13.4. The van der Waals surface area contributed by atoms with Gasteiger partial charge in [0.05, 0.1) is 5.39 Å². The van der Waals surface area contributed by atoms with Crippen molar-refractivity contribution in [3.05, 3.63) is 55.1 Å². The Morgan fingerprint density at radius 3 is 3.00 bits per heavy atom. The number of aromatic amines is 1. The Hall–Kier alpha value is -3.68. The van der Waals surface area contributed by atoms with E-state index in [4.69, 9.17) is 4.42 Å². The number of nitrogens with zero attached hydrogens (tertiary/aromatic N) is 5. The monoisotopic (exact) mass is 359 g/mol. The van der Waals surface area contributed by atoms with Gasteiger partial charge in [-0.3, -0.25) is 9.78 Å². The highest BCUT2D eigenvalue weighted by Gasteiger charge is 2.17. The Morgan fingerprint density at radius 1 is 1.15 bits per heavy atom. The average Bonchev–Trinajstić information content (AvgIpc) is 3.43. The molecule has 0 spiro atoms. The van der Waals surface area contributed by atoms with Gasteiger partial charge in [0.15, 0.2) is 11.4 Å². The molecule has 134 valence electrons. The van der Waals surface area contributed by atoms with Crippen molar-refractivity contribution in [2.75, 3.05) is 11.9 Å². The molecule has 4 aromatic heterocycles. The van der Waals surface area contributed by atoms with Crippen LogP contribution in [0.15, 0.2) is 59.5 Å². The maximum absolute atomic E-state index is 5.98. The molecule has 0 aliphatic carbocycles. The normalized spacial score (nSPS) is 11.4. The first-order valence-electron chi connectivity index (χ1n) is 8.78. The second-order valence-electron chi connectivity index (χ2n) is 6.22. The Morgan fingerprint density at radius 2 is 2.11 bits per heavy atom. The summed E-state index contributed by atoms with van der Waals surface area (Å²) in [7, 11) is 0. The lowest BCUT2D eigenvalue weighted by Gasteiger charge is -2.07. The van der Waals surface area contributed by atoms with Crippen molar-refractivity contribution in [1.82, 2.24) is 29.9 Å². The molecule has 0 bridgehead atoms. The van der Waals surface area contributed by atoms with Crippen molar-refractivity contribution in [1.29, 1.82) is 0 Å². The number of anilines is 1. The lowest BCUT2D eigenvalue weighted by molar-refractivity contribution is 0.591. The summed E-state index contributed by atoms with van der Waals surface area (Å²) in [5.41, 5.74) is 2.22. The van der Waals surface area contributed by atoms with Crippen LogP contribution in [0.5, 0.6) is 0 Å². The number of rotatable bonds is 6. The van der Waals surface area contributed by atoms with E-state index in [1.165, 1.54) is 6.33 Å². The smallest absolute Gasteiger partial charge is 0.186 e. The quantitative estimate of drug-likeness (QED) is 0.451. The molecule has 1 aromatic carbocycles. The molecule has 5 aromatic rings. The van der Waals surface area contributed by atoms with E-state index in [2.05, 4.69) is 30.6 Å². The number of hydrogen-bond donors (Lipinski definition) is 2. The van der Waals surface area contributed by atoms with Gasteiger partial charge in [-0.05, 0) is 24.6 Å². The Balaban J connectivity index is 1.43. The second kappa shape index (κ2) is 6.56. The Kier molecular flexibility index (Phi) is 3.78. The summed E-state index contributed by atoms with van der Waals surface area (Å²) >= 11 is 0. The van der Waals surface area contributed by atoms with Gasteiger partial charge in [-0.2, -0.15) is 10.2 Å². The molecule has 8 heteroatoms. The fraction of sp³-hybridized carbons (Fsp3) is 0.158. The number of nitrogens with one attached hydrogen (secondary N) is 2. The average molecular weight is 359 g/mol. The third-order valence-electron chi connectivity index (χ3n) is 4.44. The standard InChI is InChI=1S/C19H17N7O/c1-2-6-14-13(5-1)11-15(27-14)17-16-18(21-12-22-19(16)25-24-17)20-7-3-9-26-10-4-8-23-26/h1-2,4-6,8,10-12H,3,7,9H2,(H2,20,21,22,24,25). The lowest BCUT2D eigenvalue weighted by Crippen LogP contribution is -2.08. The van der Waals surface area contributed by atoms with E-state index in [0.717, 1.165) is 47.4 Å². The third kappa shape index (κ3) is 2.91. The minimum Gasteiger partial charge on any atom is -0.454 e. The van der Waals surface area contributed by atoms with Gasteiger partial charge in [0.1, 0.15) is 23.4 Å². The molecule has 0 atom stereocenters. The molecule has 0 saturated carbocycles. The highest BCUT2D eigenvalue weighted by Crippen LogP contribution is 2.33. The van der Waals surface area contributed by atoms with Crippen molar-refractivity contribution < 1.29 is 4.42 Å². The number of aromatic nitrogens is 6. The van der Waals surface area contributed by atoms with Crippen molar-refractivity contribution >= 4 is 27.8 Å². The van der Waals surface area contributed by atoms with E-state index < -0.39 is 0 Å². The van der Waals surface area contributed by atoms with E-state index in [-0.39, 0.29) is 0 Å². The van der Waals surface area contributed by atoms with E-state index >= 15 is 0 Å². The summed E-state index contributed by atoms with van der Waals surface area (Å²) in [6.07, 6.45) is 6.18. The number of furan rings is 1. The minimum absolute atomic E-state index is 0.607. The van der Waals surface area contributed by atoms with Gasteiger partial charge in [0.2, 0.25) is 0 Å². The molecule has 2 N–H and O–H groups in total. The number of H-pyrrole nitrogens is 1. The van der Waals surface area contributed by atoms with Gasteiger partial charge in [-0.1, -0.05) is 18.2 Å². The van der Waals surface area contributed by atoms with Crippen LogP contribution in [-0.2, 0) is 6.54 Å². The van der Waals surface area contributed by atoms with Gasteiger partial charge in [-0.25, -0.2) is 9.97 Å². The van der Waals surface area contributed by atoms with Crippen molar-refractivity contribution in [3.8, 4) is 11.5 Å². The predicted octanol–water partition coefficient (Wildman–Crippen LogP) is 3.46. The number of fused-ring (bicyclic) bond motifs is 2. The molecule has 4 heterocycles. The van der Waals surface area contributed by atoms with Gasteiger partial charge in [-0.15, -0.1) is 0 Å². The zero-order valence-corrected chi connectivity index (χ0v) is 14.5. The molecule has 0 fully saturated rings. The molecular formula is C19H17N7O. The Labute approximate surface area is 154 Å². The molecule has 0 saturated heterocycles. The van der Waals surface area contributed by atoms with Gasteiger partial charge in [0.25, 0.3) is 0 Å². The summed E-state index contributed by atoms with van der Waals surface area (Å²) in [5.74, 6) is 1.46. The van der Waals surface area contributed by atoms with Crippen LogP contribution in [0, 0.1) is 0 Å². The van der Waals surface area contributed by atoms with Crippen molar-refractivity contribution in [2.24, 2.45) is 0 Å². The van der Waals surface area contributed by atoms with E-state index in [9.17, 15) is 0 Å². The lowest BCUT2D eigenvalue weighted by atomic mass is 10.2. The molecule has 0 amide bonds. The van der Waals surface area contributed by atoms with Gasteiger partial charge < -0.3 is 9.73 Å². The molecule has 27 heavy (non-hydrogen) atoms. The molecule has 0 aliphatic rings. The molecule has 5 rings (SSSR count). The molecule has 0 unspecified atom stereocenters. The summed E-state index contributed by atoms with van der Waals surface area (Å²) in [4.78, 5) is 8.67. The number of hydrogen-bond acceptors (Lipinski definition) is 6. The van der Waals surface area contributed by atoms with Crippen LogP contribution in [0.4, 0.5) is 5.82 Å². The highest BCUT2D eigenvalue weighted by molar-refractivity contribution is 5.99. The third-order valence-corrected chi connectivity index (χ3v) is 4.44. The summed E-state index contributed by atoms with van der Waals surface area (Å²) in [5, 5.41) is 16.8. The van der Waals surface area contributed by atoms with Crippen molar-refractivity contribution in [2.45, 2.75) is 13.0 Å². The van der Waals surface area contributed by atoms with Gasteiger partial charge in [0, 0.05) is 30.9 Å². The Bertz CT molecular complexity index is 1160. The molecule has 0 aliphatic heterocycles. The predicted molar refractivity (Wildman–Crippen MR) is 102 cm³/mol. The van der Waals surface area contributed by atoms with Crippen LogP contribution in [0.25, 0.3) is 33.5 Å². The molecule has 8 nitrogen and oxygen atoms in total. The largest absolute Gasteiger partial charge is 0.454 e. The zero-order chi connectivity index (χ0) is 18.1. The fourth-order valence-electron chi connectivity index (χ4n) is 3.15. The first-order valence-corrected chi connectivity index (χ1v) is 8.78. The van der Waals surface area contributed by atoms with Crippen LogP contribution in [0.3, 0.4) is 0 Å². The van der Waals surface area contributed by atoms with Crippen LogP contribution in [-0.4, -0.2) is 36.5 Å². The minimum atomic E-state index is 0.607. The van der Waals surface area contributed by atoms with Crippen LogP contribution in [0.2, 0.25) is 0 Å². The van der Waals surface area contributed by atoms with Gasteiger partial charge >= 0.3 is 0 Å². The maximum Gasteiger partial charge on any atom is 0.186 e. The zero-order valence-electron chi connectivity index (χ0n) is 14.5. The van der Waals surface area contributed by atoms with E-state index in [1.54, 1.807) is 6.20 Å². The maximum atomic E-state index is 5.98. The molecular weight excluding hydrogens is 342 g/mol. The summed E-state index contributed by atoms with van der Waals surface area (Å²) in [6, 6.07) is 11.8. The van der Waals surface area contributed by atoms with Crippen LogP contribution >= 0.6 is 0 Å². The summed E-state index contributed by atoms with van der Waals surface area (Å²) in [6.45, 7) is 1.60. The van der Waals surface area contributed by atoms with Crippen molar-refractivity contribution in [3.63, 3.8) is 0 Å². The first kappa shape index (κ1) is 15.6. The summed E-state index contributed by atoms with van der Waals surface area (Å²) < 4.78 is 7.90.